The Balaban J connectivity index is 0.000000145. The van der Waals surface area contributed by atoms with Crippen LogP contribution in [0.3, 0.4) is 0 Å². The van der Waals surface area contributed by atoms with Gasteiger partial charge in [-0.3, -0.25) is 58.7 Å². The zero-order valence-electron chi connectivity index (χ0n) is 71.6. The van der Waals surface area contributed by atoms with Crippen molar-refractivity contribution in [2.45, 2.75) is 135 Å². The molecule has 0 aromatic carbocycles. The van der Waals surface area contributed by atoms with E-state index in [9.17, 15) is 19.2 Å². The van der Waals surface area contributed by atoms with Gasteiger partial charge in [0.15, 0.2) is 23.3 Å². The van der Waals surface area contributed by atoms with Crippen LogP contribution >= 0.6 is 89.9 Å². The number of nitrogen functional groups attached to an aromatic ring is 4. The van der Waals surface area contributed by atoms with Crippen LogP contribution in [-0.2, 0) is 58.2 Å². The van der Waals surface area contributed by atoms with Crippen LogP contribution in [0.5, 0.6) is 23.0 Å². The van der Waals surface area contributed by atoms with Crippen LogP contribution in [0.1, 0.15) is 162 Å². The lowest BCUT2D eigenvalue weighted by Crippen LogP contribution is -2.27. The summed E-state index contributed by atoms with van der Waals surface area (Å²) in [6, 6.07) is 1.84. The van der Waals surface area contributed by atoms with E-state index in [1.807, 2.05) is 82.2 Å². The third kappa shape index (κ3) is 18.7. The molecule has 0 unspecified atom stereocenters. The number of fused-ring (bicyclic) bond motifs is 4. The number of anilines is 8. The fraction of sp³-hybridized carbons (Fsp3) is 0.282. The number of carbonyl (C=O) groups is 4. The van der Waals surface area contributed by atoms with Gasteiger partial charge in [-0.2, -0.15) is 19.9 Å². The van der Waals surface area contributed by atoms with E-state index in [-0.39, 0.29) is 99.8 Å². The van der Waals surface area contributed by atoms with E-state index in [4.69, 9.17) is 99.9 Å². The minimum Gasteiger partial charge on any atom is -0.496 e. The second-order valence-electron chi connectivity index (χ2n) is 29.6. The summed E-state index contributed by atoms with van der Waals surface area (Å²) in [7, 11) is 6.43. The maximum Gasteiger partial charge on any atom is 0.260 e. The summed E-state index contributed by atoms with van der Waals surface area (Å²) in [5.41, 5.74) is 39.5. The van der Waals surface area contributed by atoms with Gasteiger partial charge in [-0.05, 0) is 138 Å². The number of rotatable bonds is 20. The van der Waals surface area contributed by atoms with Crippen molar-refractivity contribution in [3.05, 3.63) is 207 Å². The van der Waals surface area contributed by atoms with Gasteiger partial charge in [0.1, 0.15) is 71.9 Å². The summed E-state index contributed by atoms with van der Waals surface area (Å²) in [4.78, 5) is 137. The van der Waals surface area contributed by atoms with E-state index in [1.54, 1.807) is 83.7 Å². The highest BCUT2D eigenvalue weighted by molar-refractivity contribution is 9.13. The number of amides is 4. The molecule has 12 aromatic heterocycles. The van der Waals surface area contributed by atoms with Gasteiger partial charge in [0.25, 0.3) is 23.6 Å². The number of carbonyl (C=O) groups excluding carboxylic acids is 4. The normalized spacial score (nSPS) is 14.4. The van der Waals surface area contributed by atoms with Crippen molar-refractivity contribution < 1.29 is 38.1 Å². The van der Waals surface area contributed by atoms with Crippen molar-refractivity contribution in [2.24, 2.45) is 0 Å². The topological polar surface area (TPSA) is 479 Å². The lowest BCUT2D eigenvalue weighted by atomic mass is 10.1. The molecule has 0 bridgehead atoms. The molecule has 4 amide bonds. The summed E-state index contributed by atoms with van der Waals surface area (Å²) in [6.45, 7) is 23.8. The number of nitrogens with zero attached hydrogens (tertiary/aromatic N) is 19. The lowest BCUT2D eigenvalue weighted by molar-refractivity contribution is -0.113. The van der Waals surface area contributed by atoms with Crippen LogP contribution in [-0.4, -0.2) is 147 Å². The molecule has 12 aromatic rings. The molecule has 0 radical (unpaired) electrons. The highest BCUT2D eigenvalue weighted by Crippen LogP contribution is 2.48. The van der Waals surface area contributed by atoms with E-state index in [0.717, 1.165) is 125 Å². The number of methoxy groups -OCH3 is 4. The van der Waals surface area contributed by atoms with Crippen molar-refractivity contribution in [2.75, 3.05) is 71.0 Å². The number of ether oxygens (including phenoxy) is 4. The summed E-state index contributed by atoms with van der Waals surface area (Å²) >= 11 is 38.8. The van der Waals surface area contributed by atoms with Crippen molar-refractivity contribution in [1.82, 2.24) is 94.7 Å². The molecule has 0 fully saturated rings. The van der Waals surface area contributed by atoms with Gasteiger partial charge < -0.3 is 61.8 Å². The number of halogens is 7. The zero-order valence-corrected chi connectivity index (χ0v) is 78.6. The van der Waals surface area contributed by atoms with Crippen molar-refractivity contribution in [1.29, 1.82) is 0 Å². The second-order valence-corrected chi connectivity index (χ2v) is 33.1. The van der Waals surface area contributed by atoms with Crippen LogP contribution < -0.4 is 61.5 Å². The van der Waals surface area contributed by atoms with E-state index < -0.39 is 0 Å². The molecule has 35 nitrogen and oxygen atoms in total. The Morgan fingerprint density at radius 2 is 0.732 bits per heavy atom. The number of aromatic nitrogens is 19. The largest absolute Gasteiger partial charge is 0.496 e. The Bertz CT molecular complexity index is 6560. The van der Waals surface area contributed by atoms with Crippen molar-refractivity contribution in [3.8, 4) is 23.0 Å². The third-order valence-corrected chi connectivity index (χ3v) is 24.3. The highest BCUT2D eigenvalue weighted by atomic mass is 79.9. The first kappa shape index (κ1) is 92.2. The number of H-pyrrole nitrogens is 4. The molecule has 658 valence electrons. The maximum absolute atomic E-state index is 13.6. The summed E-state index contributed by atoms with van der Waals surface area (Å²) in [6.07, 6.45) is 18.7. The lowest BCUT2D eigenvalue weighted by Gasteiger charge is -2.19. The van der Waals surface area contributed by atoms with Gasteiger partial charge in [-0.15, -0.1) is 0 Å². The summed E-state index contributed by atoms with van der Waals surface area (Å²) in [5, 5.41) is 0.764. The van der Waals surface area contributed by atoms with Gasteiger partial charge in [-0.25, -0.2) is 34.9 Å². The smallest absolute Gasteiger partial charge is 0.260 e. The van der Waals surface area contributed by atoms with E-state index in [1.165, 1.54) is 19.6 Å². The highest BCUT2D eigenvalue weighted by Gasteiger charge is 2.43. The van der Waals surface area contributed by atoms with Gasteiger partial charge in [0, 0.05) is 93.5 Å². The molecular weight excluding hydrogens is 1860 g/mol. The van der Waals surface area contributed by atoms with Gasteiger partial charge in [0.2, 0.25) is 23.8 Å². The predicted octanol–water partition coefficient (Wildman–Crippen LogP) is 15.5. The molecule has 42 heteroatoms. The van der Waals surface area contributed by atoms with Crippen molar-refractivity contribution in [3.63, 3.8) is 0 Å². The zero-order chi connectivity index (χ0) is 91.7. The Morgan fingerprint density at radius 1 is 0.402 bits per heavy atom. The first-order valence-electron chi connectivity index (χ1n) is 39.3. The average Bonchev–Trinajstić information content (AvgIpc) is 1.62. The van der Waals surface area contributed by atoms with Crippen LogP contribution in [0.15, 0.2) is 46.1 Å². The SMILES string of the molecule is CCCCc1nc(/C=C2\C(=O)N(Cc3ncc(C)c(OC)c3C)c3nc(N)nc(Cl)c32)c(Cl)[nH]1.CCc1nc(/C=C2\C(=O)N(Cc3ncc(C)c(OC)c3C)c3nc(N)nc(Cl)c32)c(C)[nH]1.COc1c(C)cnc(CN2C(=O)/C(=C\c3cc(Br)c(Br)[nH]3)c3c(Cl)nc(N)nc32)c1C.COc1c(C)cnc(CN2C(=O)/C(=C\c3cnc(C)[nH]3)c3c(Cl)nc(N)nc32)c1C. The first-order valence-corrected chi connectivity index (χ1v) is 42.8. The van der Waals surface area contributed by atoms with Crippen LogP contribution in [0.4, 0.5) is 47.1 Å². The Labute approximate surface area is 770 Å². The maximum atomic E-state index is 13.6. The minimum atomic E-state index is -0.327. The van der Waals surface area contributed by atoms with Crippen molar-refractivity contribution >= 4 is 207 Å². The molecule has 127 heavy (non-hydrogen) atoms. The summed E-state index contributed by atoms with van der Waals surface area (Å²) < 4.78 is 23.6. The fourth-order valence-electron chi connectivity index (χ4n) is 14.9. The average molecular weight is 1950 g/mol. The number of unbranched alkanes of at least 4 members (excludes halogenated alkanes) is 1. The van der Waals surface area contributed by atoms with Gasteiger partial charge in [0.05, 0.1) is 149 Å². The number of nitrogens with two attached hydrogens (primary N) is 4. The predicted molar refractivity (Wildman–Crippen MR) is 498 cm³/mol. The van der Waals surface area contributed by atoms with Crippen LogP contribution in [0.25, 0.3) is 46.6 Å². The molecule has 0 saturated carbocycles. The Kier molecular flexibility index (Phi) is 27.8. The minimum absolute atomic E-state index is 0.0109. The van der Waals surface area contributed by atoms with Gasteiger partial charge >= 0.3 is 0 Å². The van der Waals surface area contributed by atoms with Crippen LogP contribution in [0.2, 0.25) is 25.8 Å². The Hall–Kier alpha value is -12.5. The number of aryl methyl sites for hydroxylation is 8. The third-order valence-electron chi connectivity index (χ3n) is 21.1. The van der Waals surface area contributed by atoms with E-state index >= 15 is 0 Å². The van der Waals surface area contributed by atoms with E-state index in [0.29, 0.717) is 113 Å². The molecule has 12 N–H and O–H groups in total. The summed E-state index contributed by atoms with van der Waals surface area (Å²) in [5.74, 6) is 5.37. The first-order chi connectivity index (χ1) is 60.5. The van der Waals surface area contributed by atoms with Crippen LogP contribution in [0, 0.1) is 69.2 Å². The number of hydrogen-bond donors (Lipinski definition) is 8. The molecule has 0 atom stereocenters. The molecule has 16 rings (SSSR count). The second kappa shape index (κ2) is 38.4. The number of hydrogen-bond acceptors (Lipinski definition) is 27. The molecule has 4 aliphatic heterocycles. The number of imidazole rings is 3. The number of aromatic amines is 4. The number of pyridine rings is 4. The molecule has 0 aliphatic carbocycles. The standard InChI is InChI=1S/C23H25Cl2N7O2.C22H24ClN7O2.C20H17Br2ClN6O2.C20H20ClN7O2/c1-5-6-7-16-28-14(19(24)29-16)8-13-17-20(25)30-23(26)31-21(17)32(22(13)33)10-15-12(3)18(34-4)11(2)9-27-15;1-6-16-26-12(4)14(27-16)7-13-17-19(23)28-22(24)29-20(17)30(21(13)31)9-15-11(3)18(32-5)10(2)8-25-15;1-8-6-25-13(9(2)15(8)31-3)7-29-18-14(17(23)27-20(24)28-18)11(19(29)30)4-10-5-12(21)16(22)26-10;1-9-6-24-14(10(2)16(9)30-4)8-28-18-15(17(21)26-20(22)27-18)13(19(28)29)5-12-7-23-11(3)25-12/h8-9H,5-7,10H2,1-4H3,(H,28,29)(H2,26,30,31);7-8H,6,9H2,1-5H3,(H,26,27)(H2,24,28,29);4-6,26H,7H2,1-3H3,(H2,24,27,28);5-7H,8H2,1-4H3,(H,23,25)(H2,22,26,27)/b13-8-;13-7-;11-4-;13-5-. The molecular formula is C85H86Br2Cl5N27O8. The molecule has 0 spiro atoms. The Morgan fingerprint density at radius 3 is 1.03 bits per heavy atom. The fourth-order valence-corrected chi connectivity index (χ4v) is 16.9. The quantitative estimate of drug-likeness (QED) is 0.0259. The molecule has 16 heterocycles. The number of nitrogens with one attached hydrogen (secondary N) is 4. The molecule has 4 aliphatic rings. The van der Waals surface area contributed by atoms with Gasteiger partial charge in [-0.1, -0.05) is 78.3 Å². The monoisotopic (exact) mass is 1950 g/mol. The molecule has 0 saturated heterocycles. The van der Waals surface area contributed by atoms with E-state index in [2.05, 4.69) is 133 Å².